The summed E-state index contributed by atoms with van der Waals surface area (Å²) in [5, 5.41) is 6.55. The number of benzene rings is 1. The molecular weight excluding hydrogens is 356 g/mol. The average molecular weight is 386 g/mol. The van der Waals surface area contributed by atoms with Gasteiger partial charge >= 0.3 is 0 Å². The van der Waals surface area contributed by atoms with Crippen LogP contribution in [0.3, 0.4) is 0 Å². The molecule has 0 bridgehead atoms. The second-order valence-electron chi connectivity index (χ2n) is 6.02. The highest BCUT2D eigenvalue weighted by Crippen LogP contribution is 2.30. The van der Waals surface area contributed by atoms with Crippen molar-refractivity contribution in [2.24, 2.45) is 4.99 Å². The van der Waals surface area contributed by atoms with Crippen molar-refractivity contribution in [1.82, 2.24) is 10.3 Å². The van der Waals surface area contributed by atoms with E-state index < -0.39 is 0 Å². The molecule has 1 aromatic carbocycles. The summed E-state index contributed by atoms with van der Waals surface area (Å²) < 4.78 is 16.7. The third-order valence-corrected chi connectivity index (χ3v) is 3.98. The monoisotopic (exact) mass is 386 g/mol. The molecule has 0 aliphatic heterocycles. The molecule has 0 spiro atoms. The zero-order chi connectivity index (χ0) is 20.2. The van der Waals surface area contributed by atoms with Crippen molar-refractivity contribution in [3.8, 4) is 17.4 Å². The van der Waals surface area contributed by atoms with Crippen LogP contribution in [0, 0.1) is 0 Å². The Morgan fingerprint density at radius 2 is 2.00 bits per heavy atom. The Morgan fingerprint density at radius 3 is 2.71 bits per heavy atom. The van der Waals surface area contributed by atoms with Crippen molar-refractivity contribution < 1.29 is 14.2 Å². The van der Waals surface area contributed by atoms with Gasteiger partial charge in [-0.2, -0.15) is 0 Å². The fourth-order valence-corrected chi connectivity index (χ4v) is 2.52. The summed E-state index contributed by atoms with van der Waals surface area (Å²) in [7, 11) is 3.35. The summed E-state index contributed by atoms with van der Waals surface area (Å²) in [5.41, 5.74) is 1.82. The molecule has 0 unspecified atom stereocenters. The predicted octanol–water partition coefficient (Wildman–Crippen LogP) is 3.86. The first-order valence-corrected chi connectivity index (χ1v) is 9.57. The van der Waals surface area contributed by atoms with Gasteiger partial charge in [-0.25, -0.2) is 4.98 Å². The van der Waals surface area contributed by atoms with Gasteiger partial charge in [0, 0.05) is 37.1 Å². The lowest BCUT2D eigenvalue weighted by molar-refractivity contribution is 0.294. The number of methoxy groups -OCH3 is 1. The number of unbranched alkanes of at least 4 members (excludes halogenated alkanes) is 1. The second-order valence-corrected chi connectivity index (χ2v) is 6.02. The minimum Gasteiger partial charge on any atom is -0.493 e. The van der Waals surface area contributed by atoms with Gasteiger partial charge in [0.15, 0.2) is 17.5 Å². The number of pyridine rings is 1. The number of aromatic nitrogens is 1. The maximum atomic E-state index is 5.79. The zero-order valence-corrected chi connectivity index (χ0v) is 17.1. The van der Waals surface area contributed by atoms with Gasteiger partial charge in [0.1, 0.15) is 0 Å². The van der Waals surface area contributed by atoms with Gasteiger partial charge in [0.25, 0.3) is 0 Å². The third kappa shape index (κ3) is 6.33. The van der Waals surface area contributed by atoms with Crippen LogP contribution >= 0.6 is 0 Å². The van der Waals surface area contributed by atoms with E-state index >= 15 is 0 Å². The Morgan fingerprint density at radius 1 is 1.14 bits per heavy atom. The number of nitrogens with zero attached hydrogens (tertiary/aromatic N) is 2. The van der Waals surface area contributed by atoms with Crippen LogP contribution in [-0.4, -0.2) is 38.3 Å². The first-order valence-electron chi connectivity index (χ1n) is 9.57. The molecule has 0 saturated heterocycles. The van der Waals surface area contributed by atoms with E-state index in [1.165, 1.54) is 0 Å². The van der Waals surface area contributed by atoms with Gasteiger partial charge in [0.05, 0.1) is 20.3 Å². The van der Waals surface area contributed by atoms with Crippen molar-refractivity contribution in [1.29, 1.82) is 0 Å². The second kappa shape index (κ2) is 11.7. The van der Waals surface area contributed by atoms with Crippen LogP contribution in [0.1, 0.15) is 32.3 Å². The predicted molar refractivity (Wildman–Crippen MR) is 113 cm³/mol. The molecule has 7 heteroatoms. The SMILES string of the molecule is CCCCOc1ncccc1CNC(=NC)Nc1ccc(OCC)c(OC)c1. The molecule has 7 nitrogen and oxygen atoms in total. The van der Waals surface area contributed by atoms with E-state index in [0.717, 1.165) is 24.1 Å². The minimum atomic E-state index is 0.545. The average Bonchev–Trinajstić information content (AvgIpc) is 2.73. The summed E-state index contributed by atoms with van der Waals surface area (Å²) >= 11 is 0. The molecule has 0 aliphatic carbocycles. The number of hydrogen-bond acceptors (Lipinski definition) is 5. The smallest absolute Gasteiger partial charge is 0.218 e. The summed E-state index contributed by atoms with van der Waals surface area (Å²) in [4.78, 5) is 8.61. The van der Waals surface area contributed by atoms with E-state index in [9.17, 15) is 0 Å². The highest BCUT2D eigenvalue weighted by Gasteiger charge is 2.09. The lowest BCUT2D eigenvalue weighted by atomic mass is 10.2. The standard InChI is InChI=1S/C21H30N4O3/c1-5-7-13-28-20-16(9-8-12-23-20)15-24-21(22-3)25-17-10-11-18(27-6-2)19(14-17)26-4/h8-12,14H,5-7,13,15H2,1-4H3,(H2,22,24,25). The molecule has 2 N–H and O–H groups in total. The van der Waals surface area contributed by atoms with E-state index in [1.807, 2.05) is 37.3 Å². The molecule has 2 rings (SSSR count). The first-order chi connectivity index (χ1) is 13.7. The minimum absolute atomic E-state index is 0.545. The summed E-state index contributed by atoms with van der Waals surface area (Å²) in [6.07, 6.45) is 3.83. The quantitative estimate of drug-likeness (QED) is 0.367. The highest BCUT2D eigenvalue weighted by atomic mass is 16.5. The Kier molecular flexibility index (Phi) is 8.91. The highest BCUT2D eigenvalue weighted by molar-refractivity contribution is 5.93. The topological polar surface area (TPSA) is 77.0 Å². The van der Waals surface area contributed by atoms with Gasteiger partial charge in [-0.15, -0.1) is 0 Å². The van der Waals surface area contributed by atoms with Crippen molar-refractivity contribution in [3.63, 3.8) is 0 Å². The van der Waals surface area contributed by atoms with E-state index in [4.69, 9.17) is 14.2 Å². The van der Waals surface area contributed by atoms with Crippen molar-refractivity contribution >= 4 is 11.6 Å². The van der Waals surface area contributed by atoms with Crippen LogP contribution in [0.2, 0.25) is 0 Å². The molecule has 0 fully saturated rings. The molecule has 2 aromatic rings. The number of anilines is 1. The van der Waals surface area contributed by atoms with Crippen LogP contribution in [0.4, 0.5) is 5.69 Å². The zero-order valence-electron chi connectivity index (χ0n) is 17.1. The fourth-order valence-electron chi connectivity index (χ4n) is 2.52. The lowest BCUT2D eigenvalue weighted by Gasteiger charge is -2.15. The summed E-state index contributed by atoms with van der Waals surface area (Å²) in [6.45, 7) is 5.87. The Hall–Kier alpha value is -2.96. The molecule has 0 atom stereocenters. The van der Waals surface area contributed by atoms with Crippen LogP contribution in [0.15, 0.2) is 41.5 Å². The maximum Gasteiger partial charge on any atom is 0.218 e. The van der Waals surface area contributed by atoms with Gasteiger partial charge < -0.3 is 24.8 Å². The number of nitrogens with one attached hydrogen (secondary N) is 2. The first kappa shape index (κ1) is 21.3. The molecular formula is C21H30N4O3. The Bertz CT molecular complexity index is 765. The largest absolute Gasteiger partial charge is 0.493 e. The molecule has 152 valence electrons. The van der Waals surface area contributed by atoms with Crippen LogP contribution in [0.5, 0.6) is 17.4 Å². The third-order valence-electron chi connectivity index (χ3n) is 3.98. The van der Waals surface area contributed by atoms with E-state index in [1.54, 1.807) is 20.4 Å². The van der Waals surface area contributed by atoms with Crippen LogP contribution in [-0.2, 0) is 6.54 Å². The van der Waals surface area contributed by atoms with E-state index in [-0.39, 0.29) is 0 Å². The van der Waals surface area contributed by atoms with Gasteiger partial charge in [-0.1, -0.05) is 19.4 Å². The van der Waals surface area contributed by atoms with Crippen LogP contribution in [0.25, 0.3) is 0 Å². The van der Waals surface area contributed by atoms with Crippen molar-refractivity contribution in [3.05, 3.63) is 42.1 Å². The molecule has 0 amide bonds. The molecule has 0 saturated carbocycles. The van der Waals surface area contributed by atoms with Crippen molar-refractivity contribution in [2.45, 2.75) is 33.2 Å². The Labute approximate surface area is 167 Å². The number of rotatable bonds is 10. The molecule has 0 radical (unpaired) electrons. The van der Waals surface area contributed by atoms with E-state index in [2.05, 4.69) is 27.5 Å². The number of hydrogen-bond donors (Lipinski definition) is 2. The Balaban J connectivity index is 2.00. The molecule has 28 heavy (non-hydrogen) atoms. The number of ether oxygens (including phenoxy) is 3. The van der Waals surface area contributed by atoms with Crippen molar-refractivity contribution in [2.75, 3.05) is 32.7 Å². The normalized spacial score (nSPS) is 11.1. The lowest BCUT2D eigenvalue weighted by Crippen LogP contribution is -2.30. The molecule has 1 aromatic heterocycles. The summed E-state index contributed by atoms with van der Waals surface area (Å²) in [5.74, 6) is 2.67. The number of aliphatic imine (C=N–C) groups is 1. The van der Waals surface area contributed by atoms with E-state index in [0.29, 0.717) is 43.1 Å². The summed E-state index contributed by atoms with van der Waals surface area (Å²) in [6, 6.07) is 9.56. The maximum absolute atomic E-state index is 5.79. The number of guanidine groups is 1. The fraction of sp³-hybridized carbons (Fsp3) is 0.429. The van der Waals surface area contributed by atoms with Crippen LogP contribution < -0.4 is 24.8 Å². The van der Waals surface area contributed by atoms with Gasteiger partial charge in [-0.05, 0) is 31.5 Å². The van der Waals surface area contributed by atoms with Gasteiger partial charge in [-0.3, -0.25) is 4.99 Å². The molecule has 0 aliphatic rings. The molecule has 1 heterocycles. The van der Waals surface area contributed by atoms with Gasteiger partial charge in [0.2, 0.25) is 5.88 Å².